The first-order valence-corrected chi connectivity index (χ1v) is 26.9. The Hall–Kier alpha value is -6.98. The summed E-state index contributed by atoms with van der Waals surface area (Å²) in [4.78, 5) is 42.6. The lowest BCUT2D eigenvalue weighted by molar-refractivity contribution is -0.335. The molecule has 0 amide bonds. The van der Waals surface area contributed by atoms with Crippen LogP contribution in [0.2, 0.25) is 0 Å². The third-order valence-corrected chi connectivity index (χ3v) is 14.0. The fourth-order valence-corrected chi connectivity index (χ4v) is 10.0. The number of thioether (sulfide) groups is 1. The second-order valence-electron chi connectivity index (χ2n) is 18.4. The van der Waals surface area contributed by atoms with Crippen LogP contribution in [0.4, 0.5) is 0 Å². The van der Waals surface area contributed by atoms with Gasteiger partial charge in [0.05, 0.1) is 56.3 Å². The molecule has 10 atom stereocenters. The Balaban J connectivity index is 1.09. The van der Waals surface area contributed by atoms with Crippen LogP contribution in [-0.4, -0.2) is 97.4 Å². The van der Waals surface area contributed by atoms with Crippen LogP contribution in [0.5, 0.6) is 0 Å². The van der Waals surface area contributed by atoms with Gasteiger partial charge < -0.3 is 47.4 Å². The van der Waals surface area contributed by atoms with Crippen LogP contribution in [0.1, 0.15) is 60.3 Å². The number of esters is 3. The zero-order chi connectivity index (χ0) is 53.0. The SMILES string of the molecule is CCS[C@@H]1O[C@H](CO[C@H]2O[C@H](COCc3ccccc3)[C@@H](OCc3ccccc3)[C@H](OCc3ccccc3)[C@H]2OCc2ccccc2)[C@H](OC(=O)c2ccccc2)[C@H](OC(=O)c2ccccc2)[C@H]1OC(=O)c1ccccc1. The molecule has 77 heavy (non-hydrogen) atoms. The van der Waals surface area contributed by atoms with E-state index in [1.54, 1.807) is 91.0 Å². The van der Waals surface area contributed by atoms with Crippen molar-refractivity contribution in [2.24, 2.45) is 0 Å². The maximum absolute atomic E-state index is 14.3. The molecule has 0 spiro atoms. The molecule has 9 rings (SSSR count). The van der Waals surface area contributed by atoms with Gasteiger partial charge in [-0.1, -0.05) is 183 Å². The molecule has 14 heteroatoms. The summed E-state index contributed by atoms with van der Waals surface area (Å²) in [5, 5.41) is 0. The molecule has 2 fully saturated rings. The third kappa shape index (κ3) is 15.4. The smallest absolute Gasteiger partial charge is 0.338 e. The minimum absolute atomic E-state index is 0.0727. The van der Waals surface area contributed by atoms with Crippen molar-refractivity contribution >= 4 is 29.7 Å². The molecule has 0 radical (unpaired) electrons. The van der Waals surface area contributed by atoms with Crippen LogP contribution in [0.25, 0.3) is 0 Å². The first kappa shape index (κ1) is 54.8. The molecule has 13 nitrogen and oxygen atoms in total. The second kappa shape index (κ2) is 28.4. The molecule has 0 aromatic heterocycles. The van der Waals surface area contributed by atoms with Crippen LogP contribution in [0.3, 0.4) is 0 Å². The zero-order valence-corrected chi connectivity index (χ0v) is 43.5. The van der Waals surface area contributed by atoms with Gasteiger partial charge in [-0.15, -0.1) is 11.8 Å². The van der Waals surface area contributed by atoms with E-state index in [0.717, 1.165) is 22.3 Å². The van der Waals surface area contributed by atoms with Crippen molar-refractivity contribution in [2.75, 3.05) is 19.0 Å². The average Bonchev–Trinajstić information content (AvgIpc) is 3.48. The van der Waals surface area contributed by atoms with Gasteiger partial charge in [0, 0.05) is 0 Å². The summed E-state index contributed by atoms with van der Waals surface area (Å²) in [5.41, 5.74) is 3.50. The van der Waals surface area contributed by atoms with Crippen molar-refractivity contribution in [1.29, 1.82) is 0 Å². The zero-order valence-electron chi connectivity index (χ0n) is 42.6. The van der Waals surface area contributed by atoms with E-state index in [0.29, 0.717) is 12.4 Å². The molecule has 0 aliphatic carbocycles. The fraction of sp³-hybridized carbons (Fsp3) is 0.286. The number of ether oxygens (including phenoxy) is 10. The Morgan fingerprint density at radius 1 is 0.377 bits per heavy atom. The Labute approximate surface area is 453 Å². The Morgan fingerprint density at radius 2 is 0.740 bits per heavy atom. The molecule has 0 unspecified atom stereocenters. The molecular formula is C63H62O13S. The van der Waals surface area contributed by atoms with E-state index in [1.165, 1.54) is 11.8 Å². The molecule has 398 valence electrons. The third-order valence-electron chi connectivity index (χ3n) is 12.9. The Kier molecular flexibility index (Phi) is 20.2. The van der Waals surface area contributed by atoms with Gasteiger partial charge in [0.15, 0.2) is 24.6 Å². The van der Waals surface area contributed by atoms with E-state index in [4.69, 9.17) is 47.4 Å². The maximum Gasteiger partial charge on any atom is 0.338 e. The highest BCUT2D eigenvalue weighted by Gasteiger charge is 2.54. The van der Waals surface area contributed by atoms with E-state index < -0.39 is 78.5 Å². The first-order chi connectivity index (χ1) is 37.9. The first-order valence-electron chi connectivity index (χ1n) is 25.8. The van der Waals surface area contributed by atoms with Gasteiger partial charge in [0.2, 0.25) is 0 Å². The van der Waals surface area contributed by atoms with Crippen molar-refractivity contribution in [3.05, 3.63) is 251 Å². The molecule has 2 saturated heterocycles. The molecule has 7 aromatic carbocycles. The molecule has 0 bridgehead atoms. The molecule has 2 heterocycles. The summed E-state index contributed by atoms with van der Waals surface area (Å²) in [7, 11) is 0. The van der Waals surface area contributed by atoms with Crippen LogP contribution < -0.4 is 0 Å². The quantitative estimate of drug-likeness (QED) is 0.0418. The highest BCUT2D eigenvalue weighted by molar-refractivity contribution is 7.99. The second-order valence-corrected chi connectivity index (χ2v) is 19.7. The number of hydrogen-bond donors (Lipinski definition) is 0. The largest absolute Gasteiger partial charge is 0.452 e. The van der Waals surface area contributed by atoms with Gasteiger partial charge in [0.25, 0.3) is 0 Å². The minimum Gasteiger partial charge on any atom is -0.452 e. The van der Waals surface area contributed by atoms with Gasteiger partial charge in [-0.05, 0) is 64.4 Å². The van der Waals surface area contributed by atoms with Crippen LogP contribution in [-0.2, 0) is 73.8 Å². The van der Waals surface area contributed by atoms with Gasteiger partial charge in [-0.2, -0.15) is 0 Å². The lowest BCUT2D eigenvalue weighted by Gasteiger charge is -2.47. The van der Waals surface area contributed by atoms with Gasteiger partial charge in [-0.25, -0.2) is 14.4 Å². The van der Waals surface area contributed by atoms with Crippen LogP contribution in [0.15, 0.2) is 212 Å². The summed E-state index contributed by atoms with van der Waals surface area (Å²) in [6.07, 6.45) is -9.77. The van der Waals surface area contributed by atoms with Crippen LogP contribution in [0, 0.1) is 0 Å². The lowest BCUT2D eigenvalue weighted by Crippen LogP contribution is -2.64. The van der Waals surface area contributed by atoms with Gasteiger partial charge in [0.1, 0.15) is 36.0 Å². The average molecular weight is 1060 g/mol. The summed E-state index contributed by atoms with van der Waals surface area (Å²) in [5.74, 6) is -1.66. The van der Waals surface area contributed by atoms with Crippen molar-refractivity contribution in [1.82, 2.24) is 0 Å². The predicted molar refractivity (Wildman–Crippen MR) is 289 cm³/mol. The number of carbonyl (C=O) groups excluding carboxylic acids is 3. The number of carbonyl (C=O) groups is 3. The predicted octanol–water partition coefficient (Wildman–Crippen LogP) is 10.9. The van der Waals surface area contributed by atoms with E-state index >= 15 is 0 Å². The summed E-state index contributed by atoms with van der Waals surface area (Å²) < 4.78 is 67.2. The lowest BCUT2D eigenvalue weighted by atomic mass is 9.97. The van der Waals surface area contributed by atoms with Crippen LogP contribution >= 0.6 is 11.8 Å². The van der Waals surface area contributed by atoms with E-state index in [1.807, 2.05) is 128 Å². The van der Waals surface area contributed by atoms with Gasteiger partial charge >= 0.3 is 17.9 Å². The standard InChI is InChI=1S/C63H62O13S/c1-2-77-63-58(76-61(66)50-36-22-9-23-37-50)56(75-60(65)49-34-20-8-21-35-49)54(74-59(64)48-32-18-7-19-33-48)52(73-63)43-71-62-57(70-41-47-30-16-6-17-31-47)55(69-40-46-28-14-5-15-29-46)53(68-39-45-26-12-4-13-27-45)51(72-62)42-67-38-44-24-10-3-11-25-44/h3-37,51-58,62-63H,2,38-43H2,1H3/t51-,52-,53-,54+,55+,56+,57-,58-,62+,63+/m1/s1. The summed E-state index contributed by atoms with van der Waals surface area (Å²) in [6, 6.07) is 64.6. The number of hydrogen-bond acceptors (Lipinski definition) is 14. The highest BCUT2D eigenvalue weighted by Crippen LogP contribution is 2.37. The van der Waals surface area contributed by atoms with E-state index in [9.17, 15) is 14.4 Å². The van der Waals surface area contributed by atoms with Gasteiger partial charge in [-0.3, -0.25) is 0 Å². The minimum atomic E-state index is -1.41. The molecular weight excluding hydrogens is 997 g/mol. The normalized spacial score (nSPS) is 23.1. The van der Waals surface area contributed by atoms with Crippen molar-refractivity contribution < 1.29 is 61.8 Å². The Bertz CT molecular complexity index is 2850. The van der Waals surface area contributed by atoms with E-state index in [-0.39, 0.29) is 49.7 Å². The number of rotatable bonds is 24. The number of benzene rings is 7. The monoisotopic (exact) mass is 1060 g/mol. The van der Waals surface area contributed by atoms with Crippen molar-refractivity contribution in [2.45, 2.75) is 93.9 Å². The maximum atomic E-state index is 14.3. The molecule has 2 aliphatic rings. The Morgan fingerprint density at radius 3 is 1.18 bits per heavy atom. The summed E-state index contributed by atoms with van der Waals surface area (Å²) in [6.45, 7) is 2.57. The topological polar surface area (TPSA) is 144 Å². The highest BCUT2D eigenvalue weighted by atomic mass is 32.2. The van der Waals surface area contributed by atoms with Crippen molar-refractivity contribution in [3.63, 3.8) is 0 Å². The molecule has 2 aliphatic heterocycles. The van der Waals surface area contributed by atoms with E-state index in [2.05, 4.69) is 0 Å². The molecule has 0 saturated carbocycles. The molecule has 0 N–H and O–H groups in total. The molecule has 7 aromatic rings. The fourth-order valence-electron chi connectivity index (χ4n) is 9.08. The van der Waals surface area contributed by atoms with Crippen molar-refractivity contribution in [3.8, 4) is 0 Å². The summed E-state index contributed by atoms with van der Waals surface area (Å²) >= 11 is 1.33.